The van der Waals surface area contributed by atoms with E-state index >= 15 is 0 Å². The average Bonchev–Trinajstić information content (AvgIpc) is 2.21. The molecule has 0 aromatic carbocycles. The maximum atomic E-state index is 11.2. The third-order valence-electron chi connectivity index (χ3n) is 1.52. The third-order valence-corrected chi connectivity index (χ3v) is 1.52. The van der Waals surface area contributed by atoms with Crippen LogP contribution in [0.1, 0.15) is 12.8 Å². The van der Waals surface area contributed by atoms with Gasteiger partial charge in [0.25, 0.3) is 0 Å². The van der Waals surface area contributed by atoms with E-state index in [1.54, 1.807) is 0 Å². The molecular weight excluding hydrogens is 186 g/mol. The van der Waals surface area contributed by atoms with Crippen LogP contribution >= 0.6 is 0 Å². The lowest BCUT2D eigenvalue weighted by atomic mass is 10.3. The van der Waals surface area contributed by atoms with Crippen molar-refractivity contribution in [3.8, 4) is 0 Å². The van der Waals surface area contributed by atoms with Gasteiger partial charge in [0.1, 0.15) is 6.61 Å². The van der Waals surface area contributed by atoms with Crippen LogP contribution in [0.3, 0.4) is 0 Å². The Morgan fingerprint density at radius 1 is 1.57 bits per heavy atom. The zero-order valence-electron chi connectivity index (χ0n) is 8.23. The van der Waals surface area contributed by atoms with Crippen molar-refractivity contribution in [1.29, 1.82) is 0 Å². The van der Waals surface area contributed by atoms with Gasteiger partial charge >= 0.3 is 6.09 Å². The number of imide groups is 1. The van der Waals surface area contributed by atoms with E-state index in [0.717, 1.165) is 4.90 Å². The summed E-state index contributed by atoms with van der Waals surface area (Å²) in [5, 5.41) is 8.48. The molecule has 0 radical (unpaired) electrons. The largest absolute Gasteiger partial charge is 0.445 e. The molecule has 0 heterocycles. The van der Waals surface area contributed by atoms with E-state index in [2.05, 4.69) is 11.3 Å². The molecule has 0 fully saturated rings. The van der Waals surface area contributed by atoms with Crippen molar-refractivity contribution in [2.75, 3.05) is 20.3 Å². The molecule has 0 aliphatic heterocycles. The Labute approximate surface area is 83.0 Å². The van der Waals surface area contributed by atoms with E-state index in [4.69, 9.17) is 5.11 Å². The second-order valence-electron chi connectivity index (χ2n) is 2.65. The van der Waals surface area contributed by atoms with Crippen LogP contribution in [0.25, 0.3) is 0 Å². The molecule has 0 atom stereocenters. The van der Waals surface area contributed by atoms with E-state index in [-0.39, 0.29) is 25.5 Å². The van der Waals surface area contributed by atoms with Crippen LogP contribution in [0.4, 0.5) is 4.79 Å². The van der Waals surface area contributed by atoms with E-state index in [0.29, 0.717) is 6.42 Å². The van der Waals surface area contributed by atoms with Gasteiger partial charge in [0.15, 0.2) is 0 Å². The third kappa shape index (κ3) is 4.61. The summed E-state index contributed by atoms with van der Waals surface area (Å²) in [4.78, 5) is 23.2. The normalized spacial score (nSPS) is 9.29. The molecule has 0 aliphatic rings. The van der Waals surface area contributed by atoms with Gasteiger partial charge in [0.2, 0.25) is 5.91 Å². The Bertz CT molecular complexity index is 215. The fourth-order valence-corrected chi connectivity index (χ4v) is 0.727. The molecule has 0 saturated heterocycles. The lowest BCUT2D eigenvalue weighted by Crippen LogP contribution is -2.33. The van der Waals surface area contributed by atoms with Gasteiger partial charge in [0.05, 0.1) is 0 Å². The Kier molecular flexibility index (Phi) is 6.39. The molecule has 5 heteroatoms. The summed E-state index contributed by atoms with van der Waals surface area (Å²) in [6.45, 7) is 3.38. The smallest absolute Gasteiger partial charge is 0.416 e. The predicted octanol–water partition coefficient (Wildman–Crippen LogP) is 0.540. The first-order chi connectivity index (χ1) is 6.63. The molecule has 2 amide bonds. The van der Waals surface area contributed by atoms with Crippen LogP contribution in [0, 0.1) is 0 Å². The highest BCUT2D eigenvalue weighted by molar-refractivity contribution is 5.91. The number of carbonyl (C=O) groups is 2. The first kappa shape index (κ1) is 12.6. The standard InChI is InChI=1S/C9H15NO4/c1-3-7-14-9(13)10(2)8(12)5-4-6-11/h3,11H,1,4-7H2,2H3. The molecule has 5 nitrogen and oxygen atoms in total. The van der Waals surface area contributed by atoms with Gasteiger partial charge in [0, 0.05) is 20.1 Å². The van der Waals surface area contributed by atoms with Crippen LogP contribution in [-0.2, 0) is 9.53 Å². The van der Waals surface area contributed by atoms with Crippen molar-refractivity contribution in [1.82, 2.24) is 4.90 Å². The van der Waals surface area contributed by atoms with Crippen LogP contribution in [0.15, 0.2) is 12.7 Å². The number of hydrogen-bond acceptors (Lipinski definition) is 4. The van der Waals surface area contributed by atoms with Crippen molar-refractivity contribution < 1.29 is 19.4 Å². The molecule has 0 aliphatic carbocycles. The topological polar surface area (TPSA) is 66.8 Å². The lowest BCUT2D eigenvalue weighted by molar-refractivity contribution is -0.128. The number of carbonyl (C=O) groups excluding carboxylic acids is 2. The van der Waals surface area contributed by atoms with Crippen molar-refractivity contribution in [2.24, 2.45) is 0 Å². The second-order valence-corrected chi connectivity index (χ2v) is 2.65. The minimum absolute atomic E-state index is 0.0682. The number of aliphatic hydroxyl groups is 1. The van der Waals surface area contributed by atoms with Gasteiger partial charge in [-0.25, -0.2) is 4.79 Å². The first-order valence-corrected chi connectivity index (χ1v) is 4.28. The fourth-order valence-electron chi connectivity index (χ4n) is 0.727. The number of hydrogen-bond donors (Lipinski definition) is 1. The van der Waals surface area contributed by atoms with E-state index in [1.807, 2.05) is 0 Å². The maximum Gasteiger partial charge on any atom is 0.416 e. The minimum Gasteiger partial charge on any atom is -0.445 e. The highest BCUT2D eigenvalue weighted by Gasteiger charge is 2.16. The van der Waals surface area contributed by atoms with Crippen molar-refractivity contribution in [3.05, 3.63) is 12.7 Å². The molecule has 0 unspecified atom stereocenters. The summed E-state index contributed by atoms with van der Waals surface area (Å²) in [5.41, 5.74) is 0. The number of amides is 2. The second kappa shape index (κ2) is 7.08. The summed E-state index contributed by atoms with van der Waals surface area (Å²) in [6.07, 6.45) is 1.20. The zero-order chi connectivity index (χ0) is 11.0. The SMILES string of the molecule is C=CCOC(=O)N(C)C(=O)CCCO. The highest BCUT2D eigenvalue weighted by Crippen LogP contribution is 1.97. The molecule has 0 aromatic rings. The molecule has 0 spiro atoms. The molecule has 0 rings (SSSR count). The number of nitrogens with zero attached hydrogens (tertiary/aromatic N) is 1. The van der Waals surface area contributed by atoms with Gasteiger partial charge in [-0.1, -0.05) is 12.7 Å². The molecule has 80 valence electrons. The first-order valence-electron chi connectivity index (χ1n) is 4.28. The summed E-state index contributed by atoms with van der Waals surface area (Å²) in [6, 6.07) is 0. The highest BCUT2D eigenvalue weighted by atomic mass is 16.6. The average molecular weight is 201 g/mol. The number of ether oxygens (including phenoxy) is 1. The monoisotopic (exact) mass is 201 g/mol. The van der Waals surface area contributed by atoms with Gasteiger partial charge in [-0.15, -0.1) is 0 Å². The van der Waals surface area contributed by atoms with Crippen molar-refractivity contribution in [3.63, 3.8) is 0 Å². The molecule has 1 N–H and O–H groups in total. The Balaban J connectivity index is 3.90. The van der Waals surface area contributed by atoms with Crippen LogP contribution < -0.4 is 0 Å². The predicted molar refractivity (Wildman–Crippen MR) is 50.6 cm³/mol. The zero-order valence-corrected chi connectivity index (χ0v) is 8.23. The van der Waals surface area contributed by atoms with Gasteiger partial charge < -0.3 is 9.84 Å². The Morgan fingerprint density at radius 2 is 2.21 bits per heavy atom. The molecule has 0 bridgehead atoms. The summed E-state index contributed by atoms with van der Waals surface area (Å²) >= 11 is 0. The molecule has 14 heavy (non-hydrogen) atoms. The van der Waals surface area contributed by atoms with E-state index in [9.17, 15) is 9.59 Å². The Morgan fingerprint density at radius 3 is 2.71 bits per heavy atom. The summed E-state index contributed by atoms with van der Waals surface area (Å²) in [7, 11) is 1.34. The lowest BCUT2D eigenvalue weighted by Gasteiger charge is -2.13. The summed E-state index contributed by atoms with van der Waals surface area (Å²) in [5.74, 6) is -0.367. The maximum absolute atomic E-state index is 11.2. The quantitative estimate of drug-likeness (QED) is 0.659. The molecular formula is C9H15NO4. The van der Waals surface area contributed by atoms with Crippen LogP contribution in [0.2, 0.25) is 0 Å². The number of rotatable bonds is 5. The van der Waals surface area contributed by atoms with Gasteiger partial charge in [-0.3, -0.25) is 9.69 Å². The minimum atomic E-state index is -0.701. The van der Waals surface area contributed by atoms with E-state index < -0.39 is 6.09 Å². The summed E-state index contributed by atoms with van der Waals surface area (Å²) < 4.78 is 4.64. The van der Waals surface area contributed by atoms with Crippen LogP contribution in [0.5, 0.6) is 0 Å². The Hall–Kier alpha value is -1.36. The van der Waals surface area contributed by atoms with Crippen molar-refractivity contribution in [2.45, 2.75) is 12.8 Å². The fraction of sp³-hybridized carbons (Fsp3) is 0.556. The molecule has 0 aromatic heterocycles. The van der Waals surface area contributed by atoms with Crippen LogP contribution in [-0.4, -0.2) is 42.3 Å². The van der Waals surface area contributed by atoms with Gasteiger partial charge in [-0.05, 0) is 6.42 Å². The van der Waals surface area contributed by atoms with E-state index in [1.165, 1.54) is 13.1 Å². The van der Waals surface area contributed by atoms with Gasteiger partial charge in [-0.2, -0.15) is 0 Å². The number of aliphatic hydroxyl groups excluding tert-OH is 1. The van der Waals surface area contributed by atoms with Crippen molar-refractivity contribution >= 4 is 12.0 Å². The molecule has 0 saturated carbocycles.